The summed E-state index contributed by atoms with van der Waals surface area (Å²) in [4.78, 5) is 11.0. The number of ether oxygens (including phenoxy) is 2. The first kappa shape index (κ1) is 14.4. The molecule has 6 nitrogen and oxygen atoms in total. The first-order chi connectivity index (χ1) is 8.79. The van der Waals surface area contributed by atoms with Crippen LogP contribution in [0.25, 0.3) is 0 Å². The second-order valence-electron chi connectivity index (χ2n) is 3.87. The largest absolute Gasteiger partial charge is 0.454 e. The summed E-state index contributed by atoms with van der Waals surface area (Å²) in [5, 5.41) is 4.86. The number of hydrogen-bond donors (Lipinski definition) is 1. The number of carbonyl (C=O) groups is 1. The van der Waals surface area contributed by atoms with Gasteiger partial charge in [-0.3, -0.25) is 0 Å². The van der Waals surface area contributed by atoms with Gasteiger partial charge in [0.05, 0.1) is 18.8 Å². The van der Waals surface area contributed by atoms with Crippen molar-refractivity contribution in [1.29, 1.82) is 0 Å². The van der Waals surface area contributed by atoms with Crippen LogP contribution in [-0.2, 0) is 19.5 Å². The monoisotopic (exact) mass is 353 g/mol. The number of primary sulfonamides is 1. The Hall–Kier alpha value is -1.03. The van der Waals surface area contributed by atoms with Gasteiger partial charge in [-0.1, -0.05) is 0 Å². The highest BCUT2D eigenvalue weighted by atomic mass is 79.9. The molecular weight excluding hydrogens is 345 g/mol. The summed E-state index contributed by atoms with van der Waals surface area (Å²) in [5.41, 5.74) is -0.114. The normalized spacial score (nSPS) is 15.9. The van der Waals surface area contributed by atoms with E-state index in [0.29, 0.717) is 0 Å². The zero-order valence-corrected chi connectivity index (χ0v) is 11.8. The first-order valence-corrected chi connectivity index (χ1v) is 7.43. The number of halogens is 2. The number of carbonyl (C=O) groups excluding carboxylic acids is 1. The molecule has 0 saturated carbocycles. The fraction of sp³-hybridized carbons (Fsp3) is 0.300. The molecule has 2 N–H and O–H groups in total. The zero-order valence-electron chi connectivity index (χ0n) is 9.43. The predicted molar refractivity (Wildman–Crippen MR) is 65.5 cm³/mol. The van der Waals surface area contributed by atoms with E-state index in [0.717, 1.165) is 12.1 Å². The highest BCUT2D eigenvalue weighted by Gasteiger charge is 2.26. The van der Waals surface area contributed by atoms with Gasteiger partial charge in [0.15, 0.2) is 0 Å². The van der Waals surface area contributed by atoms with E-state index in [9.17, 15) is 17.6 Å². The summed E-state index contributed by atoms with van der Waals surface area (Å²) in [7, 11) is -4.25. The third-order valence-corrected chi connectivity index (χ3v) is 4.01. The van der Waals surface area contributed by atoms with Crippen LogP contribution in [0.1, 0.15) is 10.4 Å². The molecule has 1 aliphatic rings. The highest BCUT2D eigenvalue weighted by Crippen LogP contribution is 2.25. The second kappa shape index (κ2) is 5.16. The molecule has 1 aliphatic heterocycles. The maximum absolute atomic E-state index is 13.5. The van der Waals surface area contributed by atoms with E-state index in [-0.39, 0.29) is 29.4 Å². The number of rotatable bonds is 3. The van der Waals surface area contributed by atoms with Crippen LogP contribution in [-0.4, -0.2) is 33.7 Å². The standard InChI is InChI=1S/C10H9BrFNO5S/c11-7-2-8(12)9(19(13,15)16)1-6(7)10(14)18-5-3-17-4-5/h1-2,5H,3-4H2,(H2,13,15,16). The molecule has 0 radical (unpaired) electrons. The van der Waals surface area contributed by atoms with Crippen molar-refractivity contribution < 1.29 is 27.1 Å². The molecule has 1 aromatic rings. The molecule has 2 rings (SSSR count). The van der Waals surface area contributed by atoms with Crippen LogP contribution in [0.2, 0.25) is 0 Å². The lowest BCUT2D eigenvalue weighted by atomic mass is 10.2. The molecule has 0 bridgehead atoms. The minimum atomic E-state index is -4.25. The van der Waals surface area contributed by atoms with Gasteiger partial charge in [0, 0.05) is 4.47 Å². The summed E-state index contributed by atoms with van der Waals surface area (Å²) in [6.45, 7) is 0.569. The smallest absolute Gasteiger partial charge is 0.339 e. The molecule has 104 valence electrons. The summed E-state index contributed by atoms with van der Waals surface area (Å²) < 4.78 is 45.8. The van der Waals surface area contributed by atoms with E-state index in [2.05, 4.69) is 15.9 Å². The Labute approximate surface area is 116 Å². The lowest BCUT2D eigenvalue weighted by Gasteiger charge is -2.25. The molecule has 0 aromatic heterocycles. The lowest BCUT2D eigenvalue weighted by Crippen LogP contribution is -2.37. The van der Waals surface area contributed by atoms with Gasteiger partial charge in [-0.05, 0) is 28.1 Å². The third kappa shape index (κ3) is 3.11. The summed E-state index contributed by atoms with van der Waals surface area (Å²) in [5.74, 6) is -1.82. The van der Waals surface area contributed by atoms with Gasteiger partial charge in [-0.25, -0.2) is 22.7 Å². The van der Waals surface area contributed by atoms with Crippen LogP contribution in [0.15, 0.2) is 21.5 Å². The van der Waals surface area contributed by atoms with Crippen molar-refractivity contribution in [1.82, 2.24) is 0 Å². The maximum Gasteiger partial charge on any atom is 0.339 e. The lowest BCUT2D eigenvalue weighted by molar-refractivity contribution is -0.103. The molecule has 1 saturated heterocycles. The summed E-state index contributed by atoms with van der Waals surface area (Å²) in [6, 6.07) is 1.70. The van der Waals surface area contributed by atoms with Crippen LogP contribution < -0.4 is 5.14 Å². The van der Waals surface area contributed by atoms with Gasteiger partial charge in [0.1, 0.15) is 16.8 Å². The quantitative estimate of drug-likeness (QED) is 0.810. The Morgan fingerprint density at radius 3 is 2.58 bits per heavy atom. The number of hydrogen-bond acceptors (Lipinski definition) is 5. The van der Waals surface area contributed by atoms with Crippen molar-refractivity contribution in [3.63, 3.8) is 0 Å². The Morgan fingerprint density at radius 1 is 1.47 bits per heavy atom. The van der Waals surface area contributed by atoms with Gasteiger partial charge < -0.3 is 9.47 Å². The van der Waals surface area contributed by atoms with Gasteiger partial charge in [-0.15, -0.1) is 0 Å². The Balaban J connectivity index is 2.36. The molecule has 0 aliphatic carbocycles. The van der Waals surface area contributed by atoms with Gasteiger partial charge in [0.25, 0.3) is 0 Å². The van der Waals surface area contributed by atoms with Crippen molar-refractivity contribution in [3.8, 4) is 0 Å². The number of benzene rings is 1. The maximum atomic E-state index is 13.5. The molecule has 1 fully saturated rings. The Bertz CT molecular complexity index is 629. The Kier molecular flexibility index (Phi) is 3.90. The summed E-state index contributed by atoms with van der Waals surface area (Å²) in [6.07, 6.45) is -0.373. The number of nitrogens with two attached hydrogens (primary N) is 1. The fourth-order valence-corrected chi connectivity index (χ4v) is 2.49. The SMILES string of the molecule is NS(=O)(=O)c1cc(C(=O)OC2COC2)c(Br)cc1F. The zero-order chi connectivity index (χ0) is 14.2. The molecule has 1 heterocycles. The van der Waals surface area contributed by atoms with Crippen molar-refractivity contribution in [2.24, 2.45) is 5.14 Å². The van der Waals surface area contributed by atoms with Gasteiger partial charge in [0.2, 0.25) is 10.0 Å². The van der Waals surface area contributed by atoms with E-state index >= 15 is 0 Å². The average Bonchev–Trinajstić information content (AvgIpc) is 2.21. The third-order valence-electron chi connectivity index (χ3n) is 2.43. The van der Waals surface area contributed by atoms with E-state index in [4.69, 9.17) is 14.6 Å². The molecule has 0 atom stereocenters. The molecule has 9 heteroatoms. The minimum Gasteiger partial charge on any atom is -0.454 e. The van der Waals surface area contributed by atoms with Crippen molar-refractivity contribution in [2.45, 2.75) is 11.0 Å². The van der Waals surface area contributed by atoms with Gasteiger partial charge >= 0.3 is 5.97 Å². The molecule has 0 unspecified atom stereocenters. The molecule has 19 heavy (non-hydrogen) atoms. The first-order valence-electron chi connectivity index (χ1n) is 5.09. The van der Waals surface area contributed by atoms with Crippen molar-refractivity contribution in [3.05, 3.63) is 28.0 Å². The fourth-order valence-electron chi connectivity index (χ4n) is 1.40. The van der Waals surface area contributed by atoms with Crippen LogP contribution in [0.4, 0.5) is 4.39 Å². The second-order valence-corrected chi connectivity index (χ2v) is 6.26. The number of sulfonamides is 1. The van der Waals surface area contributed by atoms with E-state index in [1.807, 2.05) is 0 Å². The molecule has 1 aromatic carbocycles. The van der Waals surface area contributed by atoms with Crippen molar-refractivity contribution in [2.75, 3.05) is 13.2 Å². The van der Waals surface area contributed by atoms with Crippen LogP contribution >= 0.6 is 15.9 Å². The van der Waals surface area contributed by atoms with E-state index in [1.165, 1.54) is 0 Å². The summed E-state index contributed by atoms with van der Waals surface area (Å²) >= 11 is 2.97. The highest BCUT2D eigenvalue weighted by molar-refractivity contribution is 9.10. The van der Waals surface area contributed by atoms with Crippen LogP contribution in [0, 0.1) is 5.82 Å². The van der Waals surface area contributed by atoms with Crippen LogP contribution in [0.5, 0.6) is 0 Å². The van der Waals surface area contributed by atoms with Crippen molar-refractivity contribution >= 4 is 31.9 Å². The molecule has 0 spiro atoms. The van der Waals surface area contributed by atoms with E-state index < -0.39 is 26.7 Å². The topological polar surface area (TPSA) is 95.7 Å². The molecular formula is C10H9BrFNO5S. The van der Waals surface area contributed by atoms with Crippen LogP contribution in [0.3, 0.4) is 0 Å². The van der Waals surface area contributed by atoms with E-state index in [1.54, 1.807) is 0 Å². The number of esters is 1. The predicted octanol–water partition coefficient (Wildman–Crippen LogP) is 0.791. The molecule has 0 amide bonds. The Morgan fingerprint density at radius 2 is 2.11 bits per heavy atom. The van der Waals surface area contributed by atoms with Gasteiger partial charge in [-0.2, -0.15) is 0 Å². The minimum absolute atomic E-state index is 0.0858. The average molecular weight is 354 g/mol.